The van der Waals surface area contributed by atoms with Gasteiger partial charge in [0.05, 0.1) is 0 Å². The van der Waals surface area contributed by atoms with Crippen LogP contribution in [0.2, 0.25) is 10.0 Å². The van der Waals surface area contributed by atoms with Crippen LogP contribution in [0, 0.1) is 0 Å². The van der Waals surface area contributed by atoms with Crippen molar-refractivity contribution in [3.8, 4) is 0 Å². The van der Waals surface area contributed by atoms with Gasteiger partial charge in [0, 0.05) is 10.0 Å². The standard InChI is InChI=1S/C10H12Cl2.2ClH.Ti/c1-10(2,3)8-6-7(11)4-5-9(8)12;;;/h4-6H,1-3H3;2*1H;/q;;;+2/p-2. The third kappa shape index (κ3) is 6.41. The summed E-state index contributed by atoms with van der Waals surface area (Å²) >= 11 is 11.3. The molecule has 15 heavy (non-hydrogen) atoms. The van der Waals surface area contributed by atoms with E-state index in [-0.39, 0.29) is 5.41 Å². The van der Waals surface area contributed by atoms with E-state index in [0.29, 0.717) is 0 Å². The Morgan fingerprint density at radius 3 is 1.87 bits per heavy atom. The zero-order valence-electron chi connectivity index (χ0n) is 8.74. The Morgan fingerprint density at radius 1 is 1.07 bits per heavy atom. The molecule has 0 N–H and O–H groups in total. The summed E-state index contributed by atoms with van der Waals surface area (Å²) in [6.07, 6.45) is 0. The van der Waals surface area contributed by atoms with Crippen LogP contribution in [0.4, 0.5) is 0 Å². The topological polar surface area (TPSA) is 0 Å². The zero-order chi connectivity index (χ0) is 12.1. The number of hydrogen-bond acceptors (Lipinski definition) is 0. The van der Waals surface area contributed by atoms with E-state index in [4.69, 9.17) is 41.8 Å². The second kappa shape index (κ2) is 7.43. The molecule has 0 unspecified atom stereocenters. The van der Waals surface area contributed by atoms with E-state index in [1.807, 2.05) is 12.1 Å². The maximum atomic E-state index is 6.02. The SMILES string of the molecule is CC(C)(C)c1cc(Cl)ccc1Cl.[Cl][Ti][Cl]. The van der Waals surface area contributed by atoms with Crippen molar-refractivity contribution in [2.75, 3.05) is 0 Å². The van der Waals surface area contributed by atoms with Gasteiger partial charge in [0.1, 0.15) is 0 Å². The quantitative estimate of drug-likeness (QED) is 0.540. The van der Waals surface area contributed by atoms with Crippen LogP contribution in [0.5, 0.6) is 0 Å². The first-order valence-corrected chi connectivity index (χ1v) is 9.30. The molecular weight excluding hydrogens is 310 g/mol. The van der Waals surface area contributed by atoms with Crippen molar-refractivity contribution in [1.29, 1.82) is 0 Å². The second-order valence-electron chi connectivity index (χ2n) is 3.95. The molecule has 0 nitrogen and oxygen atoms in total. The molecule has 0 saturated heterocycles. The molecule has 0 bridgehead atoms. The Hall–Kier alpha value is 1.09. The van der Waals surface area contributed by atoms with Crippen molar-refractivity contribution in [2.24, 2.45) is 0 Å². The van der Waals surface area contributed by atoms with Crippen molar-refractivity contribution >= 4 is 41.8 Å². The third-order valence-electron chi connectivity index (χ3n) is 1.74. The molecular formula is C10H12Cl4Ti. The van der Waals surface area contributed by atoms with Gasteiger partial charge in [0.15, 0.2) is 0 Å². The molecule has 1 aromatic rings. The van der Waals surface area contributed by atoms with E-state index < -0.39 is 17.0 Å². The minimum atomic E-state index is -0.556. The van der Waals surface area contributed by atoms with Crippen molar-refractivity contribution < 1.29 is 17.0 Å². The number of benzene rings is 1. The number of rotatable bonds is 0. The molecule has 0 aromatic heterocycles. The first-order chi connectivity index (χ1) is 6.82. The Morgan fingerprint density at radius 2 is 1.53 bits per heavy atom. The van der Waals surface area contributed by atoms with E-state index in [2.05, 4.69) is 20.8 Å². The molecule has 0 heterocycles. The molecule has 1 rings (SSSR count). The summed E-state index contributed by atoms with van der Waals surface area (Å²) in [5, 5.41) is 1.52. The Balaban J connectivity index is 0.000000583. The molecule has 5 heteroatoms. The maximum absolute atomic E-state index is 6.02. The van der Waals surface area contributed by atoms with E-state index in [1.165, 1.54) is 0 Å². The molecule has 0 fully saturated rings. The zero-order valence-corrected chi connectivity index (χ0v) is 13.3. The van der Waals surface area contributed by atoms with E-state index in [0.717, 1.165) is 15.6 Å². The Kier molecular flexibility index (Phi) is 7.97. The molecule has 0 radical (unpaired) electrons. The normalized spacial score (nSPS) is 10.3. The second-order valence-corrected chi connectivity index (χ2v) is 7.37. The average Bonchev–Trinajstić information content (AvgIpc) is 2.09. The Bertz CT molecular complexity index is 307. The minimum absolute atomic E-state index is 0.0575. The van der Waals surface area contributed by atoms with Gasteiger partial charge in [-0.15, -0.1) is 0 Å². The third-order valence-corrected chi connectivity index (χ3v) is 2.30. The molecule has 0 atom stereocenters. The summed E-state index contributed by atoms with van der Waals surface area (Å²) in [7, 11) is 9.78. The van der Waals surface area contributed by atoms with Crippen LogP contribution >= 0.6 is 41.8 Å². The number of halogens is 4. The van der Waals surface area contributed by atoms with Crippen molar-refractivity contribution in [1.82, 2.24) is 0 Å². The molecule has 84 valence electrons. The van der Waals surface area contributed by atoms with Crippen LogP contribution in [-0.4, -0.2) is 0 Å². The van der Waals surface area contributed by atoms with Gasteiger partial charge in [-0.1, -0.05) is 44.0 Å². The van der Waals surface area contributed by atoms with Gasteiger partial charge in [-0.3, -0.25) is 0 Å². The van der Waals surface area contributed by atoms with Gasteiger partial charge in [-0.05, 0) is 29.2 Å². The fourth-order valence-electron chi connectivity index (χ4n) is 1.07. The van der Waals surface area contributed by atoms with Crippen LogP contribution in [0.3, 0.4) is 0 Å². The van der Waals surface area contributed by atoms with E-state index in [1.54, 1.807) is 6.07 Å². The predicted octanol–water partition coefficient (Wildman–Crippen LogP) is 5.67. The van der Waals surface area contributed by atoms with Crippen LogP contribution < -0.4 is 0 Å². The first kappa shape index (κ1) is 16.1. The Labute approximate surface area is 118 Å². The van der Waals surface area contributed by atoms with E-state index in [9.17, 15) is 0 Å². The van der Waals surface area contributed by atoms with Crippen LogP contribution in [0.1, 0.15) is 26.3 Å². The van der Waals surface area contributed by atoms with Crippen LogP contribution in [0.15, 0.2) is 18.2 Å². The van der Waals surface area contributed by atoms with Crippen molar-refractivity contribution in [3.05, 3.63) is 33.8 Å². The summed E-state index contributed by atoms with van der Waals surface area (Å²) in [5.41, 5.74) is 1.15. The summed E-state index contributed by atoms with van der Waals surface area (Å²) in [6, 6.07) is 5.56. The van der Waals surface area contributed by atoms with Crippen molar-refractivity contribution in [3.63, 3.8) is 0 Å². The molecule has 0 saturated carbocycles. The predicted molar refractivity (Wildman–Crippen MR) is 66.9 cm³/mol. The van der Waals surface area contributed by atoms with Crippen molar-refractivity contribution in [2.45, 2.75) is 26.2 Å². The van der Waals surface area contributed by atoms with Crippen LogP contribution in [0.25, 0.3) is 0 Å². The van der Waals surface area contributed by atoms with Gasteiger partial charge in [-0.2, -0.15) is 0 Å². The summed E-state index contributed by atoms with van der Waals surface area (Å²) < 4.78 is 0. The average molecular weight is 322 g/mol. The van der Waals surface area contributed by atoms with Crippen LogP contribution in [-0.2, 0) is 22.4 Å². The monoisotopic (exact) mass is 320 g/mol. The summed E-state index contributed by atoms with van der Waals surface area (Å²) in [4.78, 5) is 0. The van der Waals surface area contributed by atoms with Gasteiger partial charge < -0.3 is 0 Å². The van der Waals surface area contributed by atoms with Gasteiger partial charge >= 0.3 is 35.6 Å². The van der Waals surface area contributed by atoms with Gasteiger partial charge in [0.25, 0.3) is 0 Å². The first-order valence-electron chi connectivity index (χ1n) is 4.24. The molecule has 1 aromatic carbocycles. The molecule has 0 aliphatic rings. The molecule has 0 aliphatic heterocycles. The summed E-state index contributed by atoms with van der Waals surface area (Å²) in [5.74, 6) is 0. The van der Waals surface area contributed by atoms with Gasteiger partial charge in [-0.25, -0.2) is 0 Å². The molecule has 0 amide bonds. The fraction of sp³-hybridized carbons (Fsp3) is 0.400. The number of hydrogen-bond donors (Lipinski definition) is 0. The van der Waals surface area contributed by atoms with Gasteiger partial charge in [0.2, 0.25) is 0 Å². The fourth-order valence-corrected chi connectivity index (χ4v) is 1.65. The summed E-state index contributed by atoms with van der Waals surface area (Å²) in [6.45, 7) is 6.35. The molecule has 0 aliphatic carbocycles. The van der Waals surface area contributed by atoms with E-state index >= 15 is 0 Å². The molecule has 0 spiro atoms.